The topological polar surface area (TPSA) is 29.5 Å². The fourth-order valence-electron chi connectivity index (χ4n) is 2.11. The molecule has 0 radical (unpaired) electrons. The lowest BCUT2D eigenvalue weighted by atomic mass is 10.0. The maximum absolute atomic E-state index is 11.9. The Morgan fingerprint density at radius 2 is 2.25 bits per heavy atom. The highest BCUT2D eigenvalue weighted by Crippen LogP contribution is 2.15. The summed E-state index contributed by atoms with van der Waals surface area (Å²) in [5.41, 5.74) is 0. The van der Waals surface area contributed by atoms with Gasteiger partial charge in [0.05, 0.1) is 6.10 Å². The zero-order valence-electron chi connectivity index (χ0n) is 10.9. The Kier molecular flexibility index (Phi) is 5.81. The number of hydrogen-bond acceptors (Lipinski definition) is 2. The highest BCUT2D eigenvalue weighted by atomic mass is 16.5. The molecule has 1 unspecified atom stereocenters. The number of likely N-dealkylation sites (tertiary alicyclic amines) is 1. The van der Waals surface area contributed by atoms with Gasteiger partial charge in [-0.1, -0.05) is 13.8 Å². The summed E-state index contributed by atoms with van der Waals surface area (Å²) < 4.78 is 5.59. The third-order valence-corrected chi connectivity index (χ3v) is 3.07. The lowest BCUT2D eigenvalue weighted by molar-refractivity contribution is -0.135. The minimum absolute atomic E-state index is 0.266. The normalized spacial score (nSPS) is 21.5. The second kappa shape index (κ2) is 6.89. The average molecular weight is 227 g/mol. The number of ether oxygens (including phenoxy) is 1. The quantitative estimate of drug-likeness (QED) is 0.722. The van der Waals surface area contributed by atoms with E-state index in [4.69, 9.17) is 4.74 Å². The molecule has 0 spiro atoms. The van der Waals surface area contributed by atoms with Crippen molar-refractivity contribution < 1.29 is 9.53 Å². The standard InChI is InChI=1S/C13H25NO2/c1-4-16-12-6-5-9-14(10-12)13(15)8-7-11(2)3/h11-12H,4-10H2,1-3H3. The van der Waals surface area contributed by atoms with Gasteiger partial charge in [0.25, 0.3) is 0 Å². The second-order valence-corrected chi connectivity index (χ2v) is 4.99. The van der Waals surface area contributed by atoms with Crippen LogP contribution in [0.3, 0.4) is 0 Å². The van der Waals surface area contributed by atoms with Gasteiger partial charge in [0.1, 0.15) is 0 Å². The van der Waals surface area contributed by atoms with Crippen LogP contribution in [0, 0.1) is 5.92 Å². The molecule has 1 saturated heterocycles. The van der Waals surface area contributed by atoms with Crippen molar-refractivity contribution in [3.63, 3.8) is 0 Å². The van der Waals surface area contributed by atoms with Gasteiger partial charge >= 0.3 is 0 Å². The molecule has 1 aliphatic rings. The van der Waals surface area contributed by atoms with E-state index in [0.29, 0.717) is 18.2 Å². The molecule has 0 aromatic heterocycles. The lowest BCUT2D eigenvalue weighted by Gasteiger charge is -2.32. The Morgan fingerprint density at radius 3 is 2.88 bits per heavy atom. The number of piperidine rings is 1. The molecule has 1 fully saturated rings. The molecule has 1 heterocycles. The first-order valence-electron chi connectivity index (χ1n) is 6.52. The van der Waals surface area contributed by atoms with E-state index >= 15 is 0 Å². The van der Waals surface area contributed by atoms with Crippen LogP contribution in [-0.4, -0.2) is 36.6 Å². The summed E-state index contributed by atoms with van der Waals surface area (Å²) in [6, 6.07) is 0. The molecule has 94 valence electrons. The third kappa shape index (κ3) is 4.52. The third-order valence-electron chi connectivity index (χ3n) is 3.07. The zero-order chi connectivity index (χ0) is 12.0. The fourth-order valence-corrected chi connectivity index (χ4v) is 2.11. The SMILES string of the molecule is CCOC1CCCN(C(=O)CCC(C)C)C1. The van der Waals surface area contributed by atoms with Crippen molar-refractivity contribution >= 4 is 5.91 Å². The summed E-state index contributed by atoms with van der Waals surface area (Å²) in [7, 11) is 0. The number of amides is 1. The van der Waals surface area contributed by atoms with Gasteiger partial charge in [-0.3, -0.25) is 4.79 Å². The van der Waals surface area contributed by atoms with E-state index in [-0.39, 0.29) is 6.10 Å². The van der Waals surface area contributed by atoms with Crippen molar-refractivity contribution in [2.75, 3.05) is 19.7 Å². The Balaban J connectivity index is 2.32. The van der Waals surface area contributed by atoms with Crippen molar-refractivity contribution in [3.8, 4) is 0 Å². The van der Waals surface area contributed by atoms with E-state index < -0.39 is 0 Å². The van der Waals surface area contributed by atoms with E-state index in [2.05, 4.69) is 13.8 Å². The predicted molar refractivity (Wildman–Crippen MR) is 65.3 cm³/mol. The van der Waals surface area contributed by atoms with Gasteiger partial charge in [-0.15, -0.1) is 0 Å². The van der Waals surface area contributed by atoms with Gasteiger partial charge in [0.15, 0.2) is 0 Å². The first-order chi connectivity index (χ1) is 7.63. The summed E-state index contributed by atoms with van der Waals surface area (Å²) in [5.74, 6) is 0.912. The molecular weight excluding hydrogens is 202 g/mol. The largest absolute Gasteiger partial charge is 0.377 e. The Hall–Kier alpha value is -0.570. The highest BCUT2D eigenvalue weighted by molar-refractivity contribution is 5.76. The van der Waals surface area contributed by atoms with Crippen LogP contribution in [0.15, 0.2) is 0 Å². The van der Waals surface area contributed by atoms with Gasteiger partial charge < -0.3 is 9.64 Å². The van der Waals surface area contributed by atoms with Gasteiger partial charge in [0, 0.05) is 26.1 Å². The first kappa shape index (κ1) is 13.5. The van der Waals surface area contributed by atoms with Crippen molar-refractivity contribution in [2.24, 2.45) is 5.92 Å². The Morgan fingerprint density at radius 1 is 1.50 bits per heavy atom. The van der Waals surface area contributed by atoms with Crippen molar-refractivity contribution in [3.05, 3.63) is 0 Å². The molecule has 1 amide bonds. The molecule has 0 N–H and O–H groups in total. The van der Waals surface area contributed by atoms with E-state index in [0.717, 1.165) is 39.0 Å². The van der Waals surface area contributed by atoms with Crippen molar-refractivity contribution in [2.45, 2.75) is 52.6 Å². The van der Waals surface area contributed by atoms with Crippen LogP contribution < -0.4 is 0 Å². The van der Waals surface area contributed by atoms with E-state index in [1.54, 1.807) is 0 Å². The molecule has 3 nitrogen and oxygen atoms in total. The fraction of sp³-hybridized carbons (Fsp3) is 0.923. The smallest absolute Gasteiger partial charge is 0.222 e. The van der Waals surface area contributed by atoms with Crippen LogP contribution >= 0.6 is 0 Å². The monoisotopic (exact) mass is 227 g/mol. The van der Waals surface area contributed by atoms with Crippen molar-refractivity contribution in [1.82, 2.24) is 4.90 Å². The predicted octanol–water partition coefficient (Wildman–Crippen LogP) is 2.45. The molecule has 3 heteroatoms. The number of carbonyl (C=O) groups is 1. The first-order valence-corrected chi connectivity index (χ1v) is 6.52. The Labute approximate surface area is 99.1 Å². The minimum atomic E-state index is 0.266. The molecule has 0 saturated carbocycles. The summed E-state index contributed by atoms with van der Waals surface area (Å²) in [4.78, 5) is 13.9. The summed E-state index contributed by atoms with van der Waals surface area (Å²) in [6.45, 7) is 8.79. The van der Waals surface area contributed by atoms with E-state index in [1.807, 2.05) is 11.8 Å². The van der Waals surface area contributed by atoms with E-state index in [9.17, 15) is 4.79 Å². The van der Waals surface area contributed by atoms with Gasteiger partial charge in [-0.05, 0) is 32.1 Å². The van der Waals surface area contributed by atoms with Crippen LogP contribution in [0.2, 0.25) is 0 Å². The molecular formula is C13H25NO2. The molecule has 16 heavy (non-hydrogen) atoms. The molecule has 0 aliphatic carbocycles. The maximum atomic E-state index is 11.9. The van der Waals surface area contributed by atoms with Crippen LogP contribution in [0.4, 0.5) is 0 Å². The van der Waals surface area contributed by atoms with Gasteiger partial charge in [-0.2, -0.15) is 0 Å². The summed E-state index contributed by atoms with van der Waals surface area (Å²) in [6.07, 6.45) is 4.13. The van der Waals surface area contributed by atoms with Crippen LogP contribution in [0.5, 0.6) is 0 Å². The Bertz CT molecular complexity index is 214. The highest BCUT2D eigenvalue weighted by Gasteiger charge is 2.23. The average Bonchev–Trinajstić information content (AvgIpc) is 2.26. The lowest BCUT2D eigenvalue weighted by Crippen LogP contribution is -2.43. The molecule has 0 aromatic carbocycles. The number of rotatable bonds is 5. The molecule has 0 aromatic rings. The van der Waals surface area contributed by atoms with Crippen LogP contribution in [0.1, 0.15) is 46.5 Å². The molecule has 1 aliphatic heterocycles. The van der Waals surface area contributed by atoms with Gasteiger partial charge in [-0.25, -0.2) is 0 Å². The second-order valence-electron chi connectivity index (χ2n) is 4.99. The summed E-state index contributed by atoms with van der Waals surface area (Å²) in [5, 5.41) is 0. The zero-order valence-corrected chi connectivity index (χ0v) is 10.9. The minimum Gasteiger partial charge on any atom is -0.377 e. The number of carbonyl (C=O) groups excluding carboxylic acids is 1. The number of nitrogens with zero attached hydrogens (tertiary/aromatic N) is 1. The van der Waals surface area contributed by atoms with Crippen LogP contribution in [0.25, 0.3) is 0 Å². The number of hydrogen-bond donors (Lipinski definition) is 0. The molecule has 1 atom stereocenters. The maximum Gasteiger partial charge on any atom is 0.222 e. The van der Waals surface area contributed by atoms with E-state index in [1.165, 1.54) is 0 Å². The van der Waals surface area contributed by atoms with Crippen LogP contribution in [-0.2, 0) is 9.53 Å². The van der Waals surface area contributed by atoms with Crippen molar-refractivity contribution in [1.29, 1.82) is 0 Å². The van der Waals surface area contributed by atoms with Gasteiger partial charge in [0.2, 0.25) is 5.91 Å². The molecule has 0 bridgehead atoms. The summed E-state index contributed by atoms with van der Waals surface area (Å²) >= 11 is 0. The molecule has 1 rings (SSSR count).